The van der Waals surface area contributed by atoms with Gasteiger partial charge in [0.15, 0.2) is 0 Å². The van der Waals surface area contributed by atoms with Crippen molar-refractivity contribution >= 4 is 17.2 Å². The first-order chi connectivity index (χ1) is 14.4. The fourth-order valence-electron chi connectivity index (χ4n) is 4.10. The van der Waals surface area contributed by atoms with Gasteiger partial charge in [0.2, 0.25) is 0 Å². The van der Waals surface area contributed by atoms with Crippen LogP contribution < -0.4 is 10.1 Å². The Morgan fingerprint density at radius 2 is 2.07 bits per heavy atom. The fraction of sp³-hybridized carbons (Fsp3) is 0.480. The van der Waals surface area contributed by atoms with Crippen LogP contribution in [0.5, 0.6) is 5.75 Å². The Kier molecular flexibility index (Phi) is 7.35. The molecule has 1 amide bonds. The summed E-state index contributed by atoms with van der Waals surface area (Å²) in [5.74, 6) is 0.976. The van der Waals surface area contributed by atoms with Crippen molar-refractivity contribution in [1.29, 1.82) is 0 Å². The molecule has 1 aliphatic heterocycles. The van der Waals surface area contributed by atoms with E-state index in [-0.39, 0.29) is 29.6 Å². The number of halogens is 1. The second kappa shape index (κ2) is 9.78. The Bertz CT molecular complexity index is 933. The molecule has 0 spiro atoms. The topological polar surface area (TPSA) is 38.3 Å². The highest BCUT2D eigenvalue weighted by Gasteiger charge is 2.28. The van der Waals surface area contributed by atoms with Gasteiger partial charge in [-0.2, -0.15) is 0 Å². The van der Waals surface area contributed by atoms with Crippen LogP contribution in [0.4, 0.5) is 4.39 Å². The number of thiophene rings is 1. The number of benzene rings is 1. The van der Waals surface area contributed by atoms with Crippen LogP contribution in [0.2, 0.25) is 0 Å². The van der Waals surface area contributed by atoms with Crippen LogP contribution in [0.25, 0.3) is 0 Å². The molecule has 1 aromatic heterocycles. The second-order valence-electron chi connectivity index (χ2n) is 8.07. The summed E-state index contributed by atoms with van der Waals surface area (Å²) in [4.78, 5) is 15.2. The second-order valence-corrected chi connectivity index (χ2v) is 9.12. The van der Waals surface area contributed by atoms with Gasteiger partial charge >= 0.3 is 0 Å². The van der Waals surface area contributed by atoms with Gasteiger partial charge < -0.3 is 10.1 Å². The number of hydrogen-bond donors (Lipinski definition) is 1. The molecule has 5 heteroatoms. The van der Waals surface area contributed by atoms with Crippen molar-refractivity contribution in [1.82, 2.24) is 5.32 Å². The number of allylic oxidation sites excluding steroid dienone is 2. The Balaban J connectivity index is 1.86. The van der Waals surface area contributed by atoms with Gasteiger partial charge in [0, 0.05) is 16.9 Å². The van der Waals surface area contributed by atoms with Crippen molar-refractivity contribution in [3.63, 3.8) is 0 Å². The predicted molar refractivity (Wildman–Crippen MR) is 122 cm³/mol. The van der Waals surface area contributed by atoms with Crippen molar-refractivity contribution in [2.24, 2.45) is 5.92 Å². The number of ether oxygens (including phenoxy) is 1. The van der Waals surface area contributed by atoms with Crippen molar-refractivity contribution in [3.8, 4) is 5.75 Å². The SMILES string of the molecule is CC/C(F)=C\C(C)C(C)c1sc(C(=O)NC2CCOc3ccccc32)c(C)c1CC. The number of nitrogens with one attached hydrogen (secondary N) is 1. The minimum Gasteiger partial charge on any atom is -0.493 e. The highest BCUT2D eigenvalue weighted by molar-refractivity contribution is 7.14. The van der Waals surface area contributed by atoms with Gasteiger partial charge in [-0.25, -0.2) is 4.39 Å². The average molecular weight is 430 g/mol. The minimum absolute atomic E-state index is 0.0321. The van der Waals surface area contributed by atoms with Gasteiger partial charge in [-0.1, -0.05) is 45.9 Å². The number of carbonyl (C=O) groups excluding carboxylic acids is 1. The van der Waals surface area contributed by atoms with E-state index in [1.54, 1.807) is 17.4 Å². The molecule has 0 bridgehead atoms. The first kappa shape index (κ1) is 22.5. The van der Waals surface area contributed by atoms with Crippen LogP contribution >= 0.6 is 11.3 Å². The molecular weight excluding hydrogens is 397 g/mol. The zero-order chi connectivity index (χ0) is 21.8. The Hall–Kier alpha value is -2.14. The van der Waals surface area contributed by atoms with E-state index in [4.69, 9.17) is 4.74 Å². The molecule has 30 heavy (non-hydrogen) atoms. The van der Waals surface area contributed by atoms with Gasteiger partial charge in [-0.3, -0.25) is 4.79 Å². The van der Waals surface area contributed by atoms with Crippen molar-refractivity contribution in [3.05, 3.63) is 62.6 Å². The van der Waals surface area contributed by atoms with E-state index in [1.165, 1.54) is 10.4 Å². The Labute approximate surface area is 183 Å². The minimum atomic E-state index is -0.0724. The summed E-state index contributed by atoms with van der Waals surface area (Å²) in [6, 6.07) is 7.84. The maximum absolute atomic E-state index is 13.8. The first-order valence-electron chi connectivity index (χ1n) is 10.9. The van der Waals surface area contributed by atoms with E-state index in [2.05, 4.69) is 19.2 Å². The summed E-state index contributed by atoms with van der Waals surface area (Å²) < 4.78 is 19.5. The lowest BCUT2D eigenvalue weighted by atomic mass is 9.90. The predicted octanol–water partition coefficient (Wildman–Crippen LogP) is 6.88. The fourth-order valence-corrected chi connectivity index (χ4v) is 5.56. The maximum atomic E-state index is 13.8. The Morgan fingerprint density at radius 1 is 1.33 bits per heavy atom. The molecule has 162 valence electrons. The third-order valence-electron chi connectivity index (χ3n) is 6.11. The Morgan fingerprint density at radius 3 is 2.77 bits per heavy atom. The number of rotatable bonds is 7. The van der Waals surface area contributed by atoms with Gasteiger partial charge in [0.05, 0.1) is 23.4 Å². The van der Waals surface area contributed by atoms with E-state index in [0.717, 1.165) is 34.6 Å². The quantitative estimate of drug-likeness (QED) is 0.521. The number of para-hydroxylation sites is 1. The summed E-state index contributed by atoms with van der Waals surface area (Å²) in [6.07, 6.45) is 3.76. The van der Waals surface area contributed by atoms with Crippen LogP contribution in [0, 0.1) is 12.8 Å². The highest BCUT2D eigenvalue weighted by Crippen LogP contribution is 2.39. The van der Waals surface area contributed by atoms with E-state index < -0.39 is 0 Å². The molecule has 3 atom stereocenters. The maximum Gasteiger partial charge on any atom is 0.262 e. The largest absolute Gasteiger partial charge is 0.493 e. The summed E-state index contributed by atoms with van der Waals surface area (Å²) in [6.45, 7) is 10.8. The van der Waals surface area contributed by atoms with Crippen LogP contribution in [-0.2, 0) is 6.42 Å². The number of fused-ring (bicyclic) bond motifs is 1. The van der Waals surface area contributed by atoms with Gasteiger partial charge in [0.25, 0.3) is 5.91 Å². The molecule has 2 aromatic rings. The van der Waals surface area contributed by atoms with Crippen LogP contribution in [0.15, 0.2) is 36.2 Å². The molecule has 0 fully saturated rings. The van der Waals surface area contributed by atoms with Crippen molar-refractivity contribution in [2.45, 2.75) is 65.8 Å². The molecule has 3 nitrogen and oxygen atoms in total. The van der Waals surface area contributed by atoms with Gasteiger partial charge in [0.1, 0.15) is 5.75 Å². The first-order valence-corrected chi connectivity index (χ1v) is 11.7. The lowest BCUT2D eigenvalue weighted by Gasteiger charge is -2.26. The lowest BCUT2D eigenvalue weighted by molar-refractivity contribution is 0.0928. The third kappa shape index (κ3) is 4.61. The van der Waals surface area contributed by atoms with E-state index in [9.17, 15) is 9.18 Å². The van der Waals surface area contributed by atoms with Crippen LogP contribution in [-0.4, -0.2) is 12.5 Å². The summed E-state index contributed by atoms with van der Waals surface area (Å²) in [5, 5.41) is 3.23. The molecular formula is C25H32FNO2S. The van der Waals surface area contributed by atoms with Crippen LogP contribution in [0.3, 0.4) is 0 Å². The molecule has 2 heterocycles. The summed E-state index contributed by atoms with van der Waals surface area (Å²) in [7, 11) is 0. The molecule has 0 saturated carbocycles. The summed E-state index contributed by atoms with van der Waals surface area (Å²) >= 11 is 1.56. The highest BCUT2D eigenvalue weighted by atomic mass is 32.1. The molecule has 1 aromatic carbocycles. The van der Waals surface area contributed by atoms with E-state index >= 15 is 0 Å². The number of hydrogen-bond acceptors (Lipinski definition) is 3. The zero-order valence-electron chi connectivity index (χ0n) is 18.5. The third-order valence-corrected chi connectivity index (χ3v) is 7.64. The summed E-state index contributed by atoms with van der Waals surface area (Å²) in [5.41, 5.74) is 3.31. The zero-order valence-corrected chi connectivity index (χ0v) is 19.4. The molecule has 0 radical (unpaired) electrons. The molecule has 3 rings (SSSR count). The monoisotopic (exact) mass is 429 g/mol. The molecule has 3 unspecified atom stereocenters. The smallest absolute Gasteiger partial charge is 0.262 e. The molecule has 0 saturated heterocycles. The average Bonchev–Trinajstić information content (AvgIpc) is 3.09. The van der Waals surface area contributed by atoms with Crippen molar-refractivity contribution in [2.75, 3.05) is 6.61 Å². The molecule has 1 aliphatic rings. The van der Waals surface area contributed by atoms with Crippen molar-refractivity contribution < 1.29 is 13.9 Å². The number of carbonyl (C=O) groups is 1. The molecule has 1 N–H and O–H groups in total. The van der Waals surface area contributed by atoms with Gasteiger partial charge in [-0.05, 0) is 54.9 Å². The number of amides is 1. The molecule has 0 aliphatic carbocycles. The lowest BCUT2D eigenvalue weighted by Crippen LogP contribution is -2.32. The normalized spacial score (nSPS) is 18.3. The van der Waals surface area contributed by atoms with Crippen LogP contribution in [0.1, 0.15) is 83.7 Å². The van der Waals surface area contributed by atoms with E-state index in [0.29, 0.717) is 13.0 Å². The van der Waals surface area contributed by atoms with Gasteiger partial charge in [-0.15, -0.1) is 11.3 Å². The standard InChI is InChI=1S/C25H32FNO2S/c1-6-18(26)14-15(3)16(4)23-19(7-2)17(5)24(30-23)25(28)27-21-12-13-29-22-11-9-8-10-20(21)22/h8-11,14-16,21H,6-7,12-13H2,1-5H3,(H,27,28)/b18-14+. The van der Waals surface area contributed by atoms with E-state index in [1.807, 2.05) is 45.0 Å².